The van der Waals surface area contributed by atoms with Crippen molar-refractivity contribution in [3.05, 3.63) is 23.8 Å². The Morgan fingerprint density at radius 3 is 2.81 bits per heavy atom. The van der Waals surface area contributed by atoms with E-state index in [4.69, 9.17) is 0 Å². The lowest BCUT2D eigenvalue weighted by Gasteiger charge is -2.04. The average Bonchev–Trinajstić information content (AvgIpc) is 2.27. The number of hydrogen-bond acceptors (Lipinski definition) is 4. The molecule has 0 unspecified atom stereocenters. The molecule has 2 N–H and O–H groups in total. The van der Waals surface area contributed by atoms with Crippen LogP contribution >= 0.6 is 0 Å². The molecule has 0 saturated carbocycles. The van der Waals surface area contributed by atoms with Crippen LogP contribution in [0.3, 0.4) is 0 Å². The Kier molecular flexibility index (Phi) is 5.42. The van der Waals surface area contributed by atoms with Crippen LogP contribution in [-0.4, -0.2) is 29.0 Å². The van der Waals surface area contributed by atoms with Crippen molar-refractivity contribution in [2.75, 3.05) is 13.1 Å². The minimum atomic E-state index is 0.0741. The van der Waals surface area contributed by atoms with Crippen LogP contribution in [0.2, 0.25) is 0 Å². The van der Waals surface area contributed by atoms with Gasteiger partial charge in [-0.05, 0) is 13.8 Å². The second-order valence-corrected chi connectivity index (χ2v) is 3.53. The van der Waals surface area contributed by atoms with E-state index < -0.39 is 0 Å². The highest BCUT2D eigenvalue weighted by Gasteiger charge is 1.99. The van der Waals surface area contributed by atoms with Crippen molar-refractivity contribution >= 4 is 5.91 Å². The van der Waals surface area contributed by atoms with Gasteiger partial charge in [0.25, 0.3) is 0 Å². The molecule has 1 aromatic heterocycles. The van der Waals surface area contributed by atoms with Crippen LogP contribution in [0.25, 0.3) is 0 Å². The fraction of sp³-hybridized carbons (Fsp3) is 0.545. The molecule has 0 radical (unpaired) electrons. The first-order valence-corrected chi connectivity index (χ1v) is 5.47. The number of rotatable bonds is 6. The number of aryl methyl sites for hydroxylation is 1. The molecule has 0 aliphatic rings. The predicted molar refractivity (Wildman–Crippen MR) is 61.8 cm³/mol. The van der Waals surface area contributed by atoms with E-state index >= 15 is 0 Å². The van der Waals surface area contributed by atoms with Gasteiger partial charge in [0.15, 0.2) is 0 Å². The maximum Gasteiger partial charge on any atom is 0.221 e. The molecular weight excluding hydrogens is 204 g/mol. The van der Waals surface area contributed by atoms with Crippen LogP contribution in [0, 0.1) is 6.92 Å². The molecule has 16 heavy (non-hydrogen) atoms. The molecular formula is C11H18N4O. The first-order valence-electron chi connectivity index (χ1n) is 5.47. The largest absolute Gasteiger partial charge is 0.356 e. The molecule has 1 amide bonds. The monoisotopic (exact) mass is 222 g/mol. The first-order chi connectivity index (χ1) is 7.72. The second kappa shape index (κ2) is 6.90. The maximum absolute atomic E-state index is 11.1. The van der Waals surface area contributed by atoms with E-state index in [2.05, 4.69) is 20.6 Å². The Morgan fingerprint density at radius 1 is 1.38 bits per heavy atom. The SMILES string of the molecule is CCNC(=O)CCNCc1cnc(C)cn1. The average molecular weight is 222 g/mol. The normalized spacial score (nSPS) is 10.1. The van der Waals surface area contributed by atoms with Gasteiger partial charge >= 0.3 is 0 Å². The molecule has 0 bridgehead atoms. The van der Waals surface area contributed by atoms with E-state index in [1.54, 1.807) is 12.4 Å². The Bertz CT molecular complexity index is 323. The zero-order valence-corrected chi connectivity index (χ0v) is 9.79. The van der Waals surface area contributed by atoms with Gasteiger partial charge in [0.1, 0.15) is 0 Å². The van der Waals surface area contributed by atoms with Crippen LogP contribution in [0.15, 0.2) is 12.4 Å². The maximum atomic E-state index is 11.1. The standard InChI is InChI=1S/C11H18N4O/c1-3-13-11(16)4-5-12-7-10-8-14-9(2)6-15-10/h6,8,12H,3-5,7H2,1-2H3,(H,13,16). The van der Waals surface area contributed by atoms with E-state index in [9.17, 15) is 4.79 Å². The van der Waals surface area contributed by atoms with E-state index in [-0.39, 0.29) is 5.91 Å². The summed E-state index contributed by atoms with van der Waals surface area (Å²) in [6.45, 7) is 5.79. The van der Waals surface area contributed by atoms with Gasteiger partial charge < -0.3 is 10.6 Å². The fourth-order valence-corrected chi connectivity index (χ4v) is 1.21. The number of hydrogen-bond donors (Lipinski definition) is 2. The summed E-state index contributed by atoms with van der Waals surface area (Å²) in [5.74, 6) is 0.0741. The summed E-state index contributed by atoms with van der Waals surface area (Å²) in [6, 6.07) is 0. The highest BCUT2D eigenvalue weighted by Crippen LogP contribution is 1.93. The Balaban J connectivity index is 2.16. The molecule has 0 aliphatic carbocycles. The van der Waals surface area contributed by atoms with E-state index in [0.29, 0.717) is 26.1 Å². The van der Waals surface area contributed by atoms with E-state index in [0.717, 1.165) is 11.4 Å². The molecule has 1 rings (SSSR count). The summed E-state index contributed by atoms with van der Waals surface area (Å²) in [7, 11) is 0. The molecule has 5 nitrogen and oxygen atoms in total. The second-order valence-electron chi connectivity index (χ2n) is 3.53. The first kappa shape index (κ1) is 12.6. The highest BCUT2D eigenvalue weighted by atomic mass is 16.1. The summed E-state index contributed by atoms with van der Waals surface area (Å²) in [6.07, 6.45) is 3.97. The lowest BCUT2D eigenvalue weighted by Crippen LogP contribution is -2.27. The number of nitrogens with one attached hydrogen (secondary N) is 2. The van der Waals surface area contributed by atoms with Crippen molar-refractivity contribution in [1.82, 2.24) is 20.6 Å². The number of carbonyl (C=O) groups is 1. The summed E-state index contributed by atoms with van der Waals surface area (Å²) >= 11 is 0. The lowest BCUT2D eigenvalue weighted by molar-refractivity contribution is -0.120. The number of amides is 1. The summed E-state index contributed by atoms with van der Waals surface area (Å²) in [4.78, 5) is 19.5. The van der Waals surface area contributed by atoms with Crippen molar-refractivity contribution in [2.24, 2.45) is 0 Å². The Hall–Kier alpha value is -1.49. The molecule has 0 aliphatic heterocycles. The van der Waals surface area contributed by atoms with Gasteiger partial charge in [0.05, 0.1) is 11.4 Å². The van der Waals surface area contributed by atoms with Crippen molar-refractivity contribution in [3.8, 4) is 0 Å². The summed E-state index contributed by atoms with van der Waals surface area (Å²) < 4.78 is 0. The number of aromatic nitrogens is 2. The molecule has 0 atom stereocenters. The highest BCUT2D eigenvalue weighted by molar-refractivity contribution is 5.75. The van der Waals surface area contributed by atoms with Crippen LogP contribution < -0.4 is 10.6 Å². The minimum Gasteiger partial charge on any atom is -0.356 e. The summed E-state index contributed by atoms with van der Waals surface area (Å²) in [5, 5.41) is 5.89. The van der Waals surface area contributed by atoms with Gasteiger partial charge in [-0.3, -0.25) is 14.8 Å². The molecule has 5 heteroatoms. The molecule has 0 fully saturated rings. The zero-order chi connectivity index (χ0) is 11.8. The Labute approximate surface area is 95.7 Å². The van der Waals surface area contributed by atoms with Crippen LogP contribution in [0.5, 0.6) is 0 Å². The van der Waals surface area contributed by atoms with Crippen LogP contribution in [0.1, 0.15) is 24.7 Å². The van der Waals surface area contributed by atoms with Crippen molar-refractivity contribution in [1.29, 1.82) is 0 Å². The predicted octanol–water partition coefficient (Wildman–Crippen LogP) is 0.401. The number of nitrogens with zero attached hydrogens (tertiary/aromatic N) is 2. The third-order valence-corrected chi connectivity index (χ3v) is 2.04. The lowest BCUT2D eigenvalue weighted by atomic mass is 10.3. The van der Waals surface area contributed by atoms with E-state index in [1.165, 1.54) is 0 Å². The summed E-state index contributed by atoms with van der Waals surface area (Å²) in [5.41, 5.74) is 1.80. The van der Waals surface area contributed by atoms with Gasteiger partial charge in [-0.1, -0.05) is 0 Å². The van der Waals surface area contributed by atoms with Crippen molar-refractivity contribution in [3.63, 3.8) is 0 Å². The minimum absolute atomic E-state index is 0.0741. The molecule has 1 heterocycles. The molecule has 88 valence electrons. The molecule has 0 saturated heterocycles. The molecule has 0 spiro atoms. The van der Waals surface area contributed by atoms with Gasteiger partial charge in [-0.2, -0.15) is 0 Å². The van der Waals surface area contributed by atoms with Gasteiger partial charge in [0.2, 0.25) is 5.91 Å². The van der Waals surface area contributed by atoms with Crippen molar-refractivity contribution in [2.45, 2.75) is 26.8 Å². The van der Waals surface area contributed by atoms with Crippen LogP contribution in [0.4, 0.5) is 0 Å². The quantitative estimate of drug-likeness (QED) is 0.684. The topological polar surface area (TPSA) is 66.9 Å². The number of carbonyl (C=O) groups excluding carboxylic acids is 1. The van der Waals surface area contributed by atoms with Crippen LogP contribution in [-0.2, 0) is 11.3 Å². The van der Waals surface area contributed by atoms with Gasteiger partial charge in [-0.15, -0.1) is 0 Å². The van der Waals surface area contributed by atoms with Crippen molar-refractivity contribution < 1.29 is 4.79 Å². The van der Waals surface area contributed by atoms with E-state index in [1.807, 2.05) is 13.8 Å². The fourth-order valence-electron chi connectivity index (χ4n) is 1.21. The smallest absolute Gasteiger partial charge is 0.221 e. The third kappa shape index (κ3) is 4.84. The van der Waals surface area contributed by atoms with Gasteiger partial charge in [0, 0.05) is 38.4 Å². The zero-order valence-electron chi connectivity index (χ0n) is 9.79. The Morgan fingerprint density at radius 2 is 2.19 bits per heavy atom. The third-order valence-electron chi connectivity index (χ3n) is 2.04. The van der Waals surface area contributed by atoms with Gasteiger partial charge in [-0.25, -0.2) is 0 Å². The molecule has 1 aromatic rings. The molecule has 0 aromatic carbocycles.